The summed E-state index contributed by atoms with van der Waals surface area (Å²) in [4.78, 5) is 12.0. The van der Waals surface area contributed by atoms with Crippen molar-refractivity contribution in [3.05, 3.63) is 65.7 Å². The molecule has 0 radical (unpaired) electrons. The molecule has 0 bridgehead atoms. The van der Waals surface area contributed by atoms with E-state index in [1.807, 2.05) is 54.6 Å². The normalized spacial score (nSPS) is 11.8. The maximum atomic E-state index is 12.0. The Morgan fingerprint density at radius 1 is 1.04 bits per heavy atom. The van der Waals surface area contributed by atoms with Gasteiger partial charge in [0.05, 0.1) is 6.61 Å². The Morgan fingerprint density at radius 2 is 1.75 bits per heavy atom. The summed E-state index contributed by atoms with van der Waals surface area (Å²) >= 11 is 0. The molecule has 0 aromatic heterocycles. The Hall–Kier alpha value is -2.33. The van der Waals surface area contributed by atoms with Crippen LogP contribution in [0.25, 0.3) is 0 Å². The van der Waals surface area contributed by atoms with E-state index in [2.05, 4.69) is 6.92 Å². The largest absolute Gasteiger partial charge is 0.494 e. The van der Waals surface area contributed by atoms with E-state index in [0.29, 0.717) is 6.42 Å². The van der Waals surface area contributed by atoms with Gasteiger partial charge in [0, 0.05) is 0 Å². The van der Waals surface area contributed by atoms with Crippen molar-refractivity contribution in [3.63, 3.8) is 0 Å². The molecule has 0 fully saturated rings. The number of nitrogens with two attached hydrogens (primary N) is 1. The fourth-order valence-electron chi connectivity index (χ4n) is 2.23. The Kier molecular flexibility index (Phi) is 7.30. The molecule has 2 rings (SSSR count). The fraction of sp³-hybridized carbons (Fsp3) is 0.350. The summed E-state index contributed by atoms with van der Waals surface area (Å²) in [6, 6.07) is 16.6. The molecule has 24 heavy (non-hydrogen) atoms. The Balaban J connectivity index is 1.78. The fourth-order valence-corrected chi connectivity index (χ4v) is 2.23. The predicted molar refractivity (Wildman–Crippen MR) is 94.8 cm³/mol. The average Bonchev–Trinajstić information content (AvgIpc) is 2.62. The minimum absolute atomic E-state index is 0.248. The highest BCUT2D eigenvalue weighted by Gasteiger charge is 2.15. The minimum atomic E-state index is -0.666. The summed E-state index contributed by atoms with van der Waals surface area (Å²) in [7, 11) is 0. The van der Waals surface area contributed by atoms with Crippen molar-refractivity contribution in [2.24, 2.45) is 5.73 Å². The van der Waals surface area contributed by atoms with Crippen LogP contribution in [0, 0.1) is 0 Å². The van der Waals surface area contributed by atoms with Gasteiger partial charge in [-0.15, -0.1) is 0 Å². The lowest BCUT2D eigenvalue weighted by atomic mass is 10.1. The van der Waals surface area contributed by atoms with E-state index in [1.165, 1.54) is 0 Å². The van der Waals surface area contributed by atoms with Crippen LogP contribution >= 0.6 is 0 Å². The summed E-state index contributed by atoms with van der Waals surface area (Å²) in [5.41, 5.74) is 7.88. The van der Waals surface area contributed by atoms with Crippen LogP contribution in [0.15, 0.2) is 54.6 Å². The third kappa shape index (κ3) is 6.05. The van der Waals surface area contributed by atoms with Gasteiger partial charge in [-0.1, -0.05) is 55.8 Å². The zero-order valence-electron chi connectivity index (χ0n) is 14.1. The van der Waals surface area contributed by atoms with Crippen molar-refractivity contribution >= 4 is 5.97 Å². The van der Waals surface area contributed by atoms with E-state index >= 15 is 0 Å². The van der Waals surface area contributed by atoms with Gasteiger partial charge in [0.15, 0.2) is 0 Å². The Labute approximate surface area is 143 Å². The van der Waals surface area contributed by atoms with E-state index in [1.54, 1.807) is 0 Å². The molecule has 128 valence electrons. The summed E-state index contributed by atoms with van der Waals surface area (Å²) in [5.74, 6) is 0.453. The molecule has 4 heteroatoms. The van der Waals surface area contributed by atoms with Crippen molar-refractivity contribution in [1.29, 1.82) is 0 Å². The molecule has 0 aliphatic carbocycles. The van der Waals surface area contributed by atoms with Crippen molar-refractivity contribution in [1.82, 2.24) is 0 Å². The zero-order chi connectivity index (χ0) is 17.2. The third-order valence-corrected chi connectivity index (χ3v) is 3.67. The Morgan fingerprint density at radius 3 is 2.42 bits per heavy atom. The van der Waals surface area contributed by atoms with Gasteiger partial charge in [0.25, 0.3) is 0 Å². The van der Waals surface area contributed by atoms with E-state index in [-0.39, 0.29) is 12.6 Å². The maximum Gasteiger partial charge on any atom is 0.323 e. The molecule has 0 aliphatic heterocycles. The SMILES string of the molecule is CCCCOc1ccc(C[C@H](N)C(=O)OCc2ccccc2)cc1. The van der Waals surface area contributed by atoms with Gasteiger partial charge in [-0.3, -0.25) is 4.79 Å². The number of carbonyl (C=O) groups excluding carboxylic acids is 1. The quantitative estimate of drug-likeness (QED) is 0.566. The van der Waals surface area contributed by atoms with Crippen molar-refractivity contribution in [2.75, 3.05) is 6.61 Å². The highest BCUT2D eigenvalue weighted by atomic mass is 16.5. The monoisotopic (exact) mass is 327 g/mol. The number of unbranched alkanes of at least 4 members (excludes halogenated alkanes) is 1. The summed E-state index contributed by atoms with van der Waals surface area (Å²) < 4.78 is 10.9. The van der Waals surface area contributed by atoms with E-state index in [0.717, 1.165) is 36.3 Å². The summed E-state index contributed by atoms with van der Waals surface area (Å²) in [6.45, 7) is 3.10. The zero-order valence-corrected chi connectivity index (χ0v) is 14.1. The average molecular weight is 327 g/mol. The van der Waals surface area contributed by atoms with Crippen LogP contribution in [0.4, 0.5) is 0 Å². The molecule has 1 atom stereocenters. The van der Waals surface area contributed by atoms with E-state index in [9.17, 15) is 4.79 Å². The molecular formula is C20H25NO3. The van der Waals surface area contributed by atoms with Crippen LogP contribution in [0.5, 0.6) is 5.75 Å². The third-order valence-electron chi connectivity index (χ3n) is 3.67. The lowest BCUT2D eigenvalue weighted by Gasteiger charge is -2.12. The molecular weight excluding hydrogens is 302 g/mol. The van der Waals surface area contributed by atoms with Gasteiger partial charge >= 0.3 is 5.97 Å². The molecule has 4 nitrogen and oxygen atoms in total. The van der Waals surface area contributed by atoms with Crippen LogP contribution in [-0.2, 0) is 22.6 Å². The van der Waals surface area contributed by atoms with Gasteiger partial charge in [-0.2, -0.15) is 0 Å². The van der Waals surface area contributed by atoms with Crippen LogP contribution in [0.3, 0.4) is 0 Å². The van der Waals surface area contributed by atoms with Gasteiger partial charge in [0.1, 0.15) is 18.4 Å². The molecule has 0 aliphatic rings. The molecule has 0 saturated carbocycles. The van der Waals surface area contributed by atoms with Gasteiger partial charge in [-0.25, -0.2) is 0 Å². The van der Waals surface area contributed by atoms with Crippen LogP contribution < -0.4 is 10.5 Å². The molecule has 2 aromatic carbocycles. The highest BCUT2D eigenvalue weighted by Crippen LogP contribution is 2.14. The smallest absolute Gasteiger partial charge is 0.323 e. The molecule has 0 unspecified atom stereocenters. The van der Waals surface area contributed by atoms with Gasteiger partial charge in [0.2, 0.25) is 0 Å². The van der Waals surface area contributed by atoms with Gasteiger partial charge < -0.3 is 15.2 Å². The van der Waals surface area contributed by atoms with Crippen molar-refractivity contribution in [3.8, 4) is 5.75 Å². The predicted octanol–water partition coefficient (Wildman–Crippen LogP) is 3.48. The second-order valence-corrected chi connectivity index (χ2v) is 5.75. The number of carbonyl (C=O) groups is 1. The minimum Gasteiger partial charge on any atom is -0.494 e. The molecule has 0 saturated heterocycles. The number of hydrogen-bond donors (Lipinski definition) is 1. The van der Waals surface area contributed by atoms with Gasteiger partial charge in [-0.05, 0) is 36.1 Å². The number of rotatable bonds is 9. The van der Waals surface area contributed by atoms with E-state index < -0.39 is 6.04 Å². The van der Waals surface area contributed by atoms with Crippen LogP contribution in [0.2, 0.25) is 0 Å². The molecule has 2 N–H and O–H groups in total. The van der Waals surface area contributed by atoms with Crippen molar-refractivity contribution in [2.45, 2.75) is 38.8 Å². The Bertz CT molecular complexity index is 611. The topological polar surface area (TPSA) is 61.5 Å². The highest BCUT2D eigenvalue weighted by molar-refractivity contribution is 5.75. The van der Waals surface area contributed by atoms with E-state index in [4.69, 9.17) is 15.2 Å². The second-order valence-electron chi connectivity index (χ2n) is 5.75. The first kappa shape index (κ1) is 18.0. The lowest BCUT2D eigenvalue weighted by Crippen LogP contribution is -2.34. The molecule has 2 aromatic rings. The van der Waals surface area contributed by atoms with Crippen LogP contribution in [0.1, 0.15) is 30.9 Å². The summed E-state index contributed by atoms with van der Waals surface area (Å²) in [6.07, 6.45) is 2.60. The first-order valence-corrected chi connectivity index (χ1v) is 8.37. The first-order valence-electron chi connectivity index (χ1n) is 8.37. The van der Waals surface area contributed by atoms with Crippen LogP contribution in [-0.4, -0.2) is 18.6 Å². The second kappa shape index (κ2) is 9.73. The number of hydrogen-bond acceptors (Lipinski definition) is 4. The summed E-state index contributed by atoms with van der Waals surface area (Å²) in [5, 5.41) is 0. The number of benzene rings is 2. The standard InChI is InChI=1S/C20H25NO3/c1-2-3-13-23-18-11-9-16(10-12-18)14-19(21)20(22)24-15-17-7-5-4-6-8-17/h4-12,19H,2-3,13-15,21H2,1H3/t19-/m0/s1. The molecule has 0 amide bonds. The number of esters is 1. The number of ether oxygens (including phenoxy) is 2. The first-order chi connectivity index (χ1) is 11.7. The lowest BCUT2D eigenvalue weighted by molar-refractivity contribution is -0.146. The van der Waals surface area contributed by atoms with Crippen molar-refractivity contribution < 1.29 is 14.3 Å². The molecule has 0 heterocycles. The maximum absolute atomic E-state index is 12.0. The molecule has 0 spiro atoms.